The molecule has 0 unspecified atom stereocenters. The molecule has 0 aliphatic carbocycles. The zero-order valence-corrected chi connectivity index (χ0v) is 6.33. The van der Waals surface area contributed by atoms with Gasteiger partial charge in [0.2, 0.25) is 0 Å². The molecule has 11 heavy (non-hydrogen) atoms. The van der Waals surface area contributed by atoms with Crippen LogP contribution in [0.3, 0.4) is 0 Å². The Morgan fingerprint density at radius 3 is 3.27 bits per heavy atom. The Hall–Kier alpha value is -1.51. The highest BCUT2D eigenvalue weighted by Gasteiger charge is 2.13. The highest BCUT2D eigenvalue weighted by molar-refractivity contribution is 5.71. The topological polar surface area (TPSA) is 31.9 Å². The van der Waals surface area contributed by atoms with Crippen LogP contribution in [0.15, 0.2) is 19.1 Å². The van der Waals surface area contributed by atoms with Crippen LogP contribution in [0.4, 0.5) is 0 Å². The van der Waals surface area contributed by atoms with E-state index in [4.69, 9.17) is 0 Å². The summed E-state index contributed by atoms with van der Waals surface area (Å²) >= 11 is 0. The molecule has 1 aromatic heterocycles. The Morgan fingerprint density at radius 2 is 2.45 bits per heavy atom. The summed E-state index contributed by atoms with van der Waals surface area (Å²) in [5.74, 6) is 0. The lowest BCUT2D eigenvalue weighted by molar-refractivity contribution is 0.652. The molecule has 0 spiro atoms. The van der Waals surface area contributed by atoms with Gasteiger partial charge in [-0.3, -0.25) is 0 Å². The minimum absolute atomic E-state index is 0.934. The lowest BCUT2D eigenvalue weighted by Gasteiger charge is -2.19. The molecule has 0 atom stereocenters. The van der Waals surface area contributed by atoms with Crippen molar-refractivity contribution in [3.63, 3.8) is 0 Å². The van der Waals surface area contributed by atoms with Crippen LogP contribution in [-0.2, 0) is 0 Å². The normalized spacial score (nSPS) is 15.4. The van der Waals surface area contributed by atoms with E-state index in [0.717, 1.165) is 17.1 Å². The van der Waals surface area contributed by atoms with Crippen LogP contribution < -0.4 is 0 Å². The van der Waals surface area contributed by atoms with Crippen LogP contribution in [-0.4, -0.2) is 21.9 Å². The molecule has 3 heteroatoms. The van der Waals surface area contributed by atoms with Crippen molar-refractivity contribution >= 4 is 11.8 Å². The Kier molecular flexibility index (Phi) is 1.12. The number of rotatable bonds is 0. The van der Waals surface area contributed by atoms with Crippen molar-refractivity contribution in [2.75, 3.05) is 7.05 Å². The van der Waals surface area contributed by atoms with Gasteiger partial charge in [0, 0.05) is 13.2 Å². The van der Waals surface area contributed by atoms with E-state index in [9.17, 15) is 0 Å². The smallest absolute Gasteiger partial charge is 0.111 e. The van der Waals surface area contributed by atoms with Gasteiger partial charge in [-0.1, -0.05) is 6.58 Å². The monoisotopic (exact) mass is 147 g/mol. The van der Waals surface area contributed by atoms with Crippen LogP contribution in [0.25, 0.3) is 11.8 Å². The van der Waals surface area contributed by atoms with E-state index in [-0.39, 0.29) is 0 Å². The Balaban J connectivity index is 2.57. The molecule has 1 N–H and O–H groups in total. The van der Waals surface area contributed by atoms with E-state index in [1.165, 1.54) is 0 Å². The minimum atomic E-state index is 0.934. The molecule has 2 heterocycles. The van der Waals surface area contributed by atoms with E-state index in [1.807, 2.05) is 24.2 Å². The predicted octanol–water partition coefficient (Wildman–Crippen LogP) is 1.30. The SMILES string of the molecule is C=C1c2nc[nH]c2C=CN1C. The number of hydrogen-bond acceptors (Lipinski definition) is 2. The molecular formula is C8H9N3. The van der Waals surface area contributed by atoms with Gasteiger partial charge in [0.25, 0.3) is 0 Å². The van der Waals surface area contributed by atoms with Crippen molar-refractivity contribution < 1.29 is 0 Å². The first-order valence-electron chi connectivity index (χ1n) is 3.43. The summed E-state index contributed by atoms with van der Waals surface area (Å²) in [6.45, 7) is 3.90. The van der Waals surface area contributed by atoms with Crippen molar-refractivity contribution in [3.05, 3.63) is 30.5 Å². The van der Waals surface area contributed by atoms with Crippen LogP contribution in [0.5, 0.6) is 0 Å². The van der Waals surface area contributed by atoms with Crippen molar-refractivity contribution in [2.45, 2.75) is 0 Å². The van der Waals surface area contributed by atoms with Gasteiger partial charge in [0.15, 0.2) is 0 Å². The number of hydrogen-bond donors (Lipinski definition) is 1. The van der Waals surface area contributed by atoms with Crippen LogP contribution in [0.1, 0.15) is 11.4 Å². The van der Waals surface area contributed by atoms with E-state index in [1.54, 1.807) is 6.33 Å². The maximum Gasteiger partial charge on any atom is 0.111 e. The number of H-pyrrole nitrogens is 1. The summed E-state index contributed by atoms with van der Waals surface area (Å²) in [6.07, 6.45) is 5.62. The molecule has 56 valence electrons. The third kappa shape index (κ3) is 0.774. The van der Waals surface area contributed by atoms with Crippen LogP contribution in [0.2, 0.25) is 0 Å². The van der Waals surface area contributed by atoms with Crippen molar-refractivity contribution in [1.29, 1.82) is 0 Å². The lowest BCUT2D eigenvalue weighted by atomic mass is 10.2. The summed E-state index contributed by atoms with van der Waals surface area (Å²) < 4.78 is 0. The molecule has 1 aromatic rings. The molecule has 0 bridgehead atoms. The summed E-state index contributed by atoms with van der Waals surface area (Å²) in [6, 6.07) is 0. The van der Waals surface area contributed by atoms with Gasteiger partial charge >= 0.3 is 0 Å². The Labute approximate surface area is 65.1 Å². The second-order valence-electron chi connectivity index (χ2n) is 2.54. The van der Waals surface area contributed by atoms with Gasteiger partial charge in [-0.2, -0.15) is 0 Å². The van der Waals surface area contributed by atoms with Gasteiger partial charge in [-0.15, -0.1) is 0 Å². The van der Waals surface area contributed by atoms with Gasteiger partial charge in [0.05, 0.1) is 17.7 Å². The van der Waals surface area contributed by atoms with E-state index in [2.05, 4.69) is 16.5 Å². The second kappa shape index (κ2) is 1.99. The highest BCUT2D eigenvalue weighted by atomic mass is 15.1. The molecule has 0 radical (unpaired) electrons. The molecule has 0 amide bonds. The molecule has 0 saturated carbocycles. The van der Waals surface area contributed by atoms with Gasteiger partial charge in [-0.25, -0.2) is 4.98 Å². The number of nitrogens with one attached hydrogen (secondary N) is 1. The summed E-state index contributed by atoms with van der Waals surface area (Å²) in [7, 11) is 1.95. The summed E-state index contributed by atoms with van der Waals surface area (Å²) in [5.41, 5.74) is 2.91. The number of nitrogens with zero attached hydrogens (tertiary/aromatic N) is 2. The maximum absolute atomic E-state index is 4.14. The Morgan fingerprint density at radius 1 is 1.64 bits per heavy atom. The van der Waals surface area contributed by atoms with Crippen molar-refractivity contribution in [1.82, 2.24) is 14.9 Å². The molecule has 2 rings (SSSR count). The first kappa shape index (κ1) is 6.22. The zero-order valence-electron chi connectivity index (χ0n) is 6.33. The molecule has 1 aliphatic rings. The van der Waals surface area contributed by atoms with Crippen molar-refractivity contribution in [3.8, 4) is 0 Å². The second-order valence-corrected chi connectivity index (χ2v) is 2.54. The molecule has 0 fully saturated rings. The van der Waals surface area contributed by atoms with Crippen LogP contribution >= 0.6 is 0 Å². The van der Waals surface area contributed by atoms with Crippen LogP contribution in [0, 0.1) is 0 Å². The Bertz CT molecular complexity index is 322. The zero-order chi connectivity index (χ0) is 7.84. The minimum Gasteiger partial charge on any atom is -0.350 e. The first-order valence-corrected chi connectivity index (χ1v) is 3.43. The average molecular weight is 147 g/mol. The van der Waals surface area contributed by atoms with Gasteiger partial charge < -0.3 is 9.88 Å². The van der Waals surface area contributed by atoms with E-state index in [0.29, 0.717) is 0 Å². The maximum atomic E-state index is 4.14. The lowest BCUT2D eigenvalue weighted by Crippen LogP contribution is -2.12. The van der Waals surface area contributed by atoms with E-state index >= 15 is 0 Å². The van der Waals surface area contributed by atoms with Crippen molar-refractivity contribution in [2.24, 2.45) is 0 Å². The predicted molar refractivity (Wildman–Crippen MR) is 44.4 cm³/mol. The fourth-order valence-corrected chi connectivity index (χ4v) is 1.10. The fraction of sp³-hybridized carbons (Fsp3) is 0.125. The highest BCUT2D eigenvalue weighted by Crippen LogP contribution is 2.22. The van der Waals surface area contributed by atoms with E-state index < -0.39 is 0 Å². The number of imidazole rings is 1. The van der Waals surface area contributed by atoms with Gasteiger partial charge in [0.1, 0.15) is 5.69 Å². The largest absolute Gasteiger partial charge is 0.350 e. The quantitative estimate of drug-likeness (QED) is 0.599. The molecule has 3 nitrogen and oxygen atoms in total. The average Bonchev–Trinajstić information content (AvgIpc) is 2.45. The third-order valence-electron chi connectivity index (χ3n) is 1.83. The molecule has 1 aliphatic heterocycles. The molecule has 0 aromatic carbocycles. The number of fused-ring (bicyclic) bond motifs is 1. The summed E-state index contributed by atoms with van der Waals surface area (Å²) in [5, 5.41) is 0. The fourth-order valence-electron chi connectivity index (χ4n) is 1.10. The number of aromatic amines is 1. The molecular weight excluding hydrogens is 138 g/mol. The standard InChI is InChI=1S/C8H9N3/c1-6-8-7(9-5-10-8)3-4-11(6)2/h3-5H,1H2,2H3,(H,9,10). The molecule has 0 saturated heterocycles. The van der Waals surface area contributed by atoms with Gasteiger partial charge in [-0.05, 0) is 6.08 Å². The third-order valence-corrected chi connectivity index (χ3v) is 1.83. The number of aromatic nitrogens is 2. The first-order chi connectivity index (χ1) is 5.29. The summed E-state index contributed by atoms with van der Waals surface area (Å²) in [4.78, 5) is 9.11.